The maximum atomic E-state index is 12.4. The Labute approximate surface area is 170 Å². The van der Waals surface area contributed by atoms with E-state index in [1.165, 1.54) is 36.7 Å². The Morgan fingerprint density at radius 1 is 1.10 bits per heavy atom. The molecule has 3 N–H and O–H groups in total. The zero-order valence-electron chi connectivity index (χ0n) is 15.4. The largest absolute Gasteiger partial charge is 0.454 e. The van der Waals surface area contributed by atoms with Crippen molar-refractivity contribution in [1.29, 1.82) is 0 Å². The third kappa shape index (κ3) is 4.16. The van der Waals surface area contributed by atoms with Crippen LogP contribution in [-0.4, -0.2) is 30.7 Å². The van der Waals surface area contributed by atoms with Crippen LogP contribution in [-0.2, 0) is 21.4 Å². The van der Waals surface area contributed by atoms with Gasteiger partial charge in [0.05, 0.1) is 16.9 Å². The summed E-state index contributed by atoms with van der Waals surface area (Å²) in [6, 6.07) is 11.9. The first-order valence-electron chi connectivity index (χ1n) is 8.69. The first-order valence-corrected chi connectivity index (χ1v) is 10.2. The van der Waals surface area contributed by atoms with Gasteiger partial charge in [0.1, 0.15) is 6.54 Å². The second kappa shape index (κ2) is 7.61. The molecule has 0 atom stereocenters. The number of nitrogens with zero attached hydrogens (tertiary/aromatic N) is 2. The van der Waals surface area contributed by atoms with Crippen LogP contribution in [0.3, 0.4) is 0 Å². The van der Waals surface area contributed by atoms with Gasteiger partial charge in [-0.2, -0.15) is 0 Å². The normalized spacial score (nSPS) is 12.6. The maximum absolute atomic E-state index is 12.4. The molecule has 4 rings (SSSR count). The monoisotopic (exact) mass is 428 g/mol. The Hall–Kier alpha value is -3.70. The van der Waals surface area contributed by atoms with Gasteiger partial charge >= 0.3 is 0 Å². The Morgan fingerprint density at radius 3 is 2.53 bits per heavy atom. The minimum Gasteiger partial charge on any atom is -0.454 e. The molecule has 1 amide bonds. The number of nitrogens with two attached hydrogens (primary N) is 1. The van der Waals surface area contributed by atoms with Crippen molar-refractivity contribution >= 4 is 21.6 Å². The highest BCUT2D eigenvalue weighted by Crippen LogP contribution is 2.35. The van der Waals surface area contributed by atoms with E-state index >= 15 is 0 Å². The summed E-state index contributed by atoms with van der Waals surface area (Å²) in [6.07, 6.45) is 1.28. The fourth-order valence-corrected chi connectivity index (χ4v) is 3.36. The number of sulfonamides is 1. The smallest absolute Gasteiger partial charge is 0.254 e. The number of nitrogens with one attached hydrogen (secondary N) is 1. The second-order valence-electron chi connectivity index (χ2n) is 6.43. The van der Waals surface area contributed by atoms with Crippen LogP contribution in [0.4, 0.5) is 5.69 Å². The summed E-state index contributed by atoms with van der Waals surface area (Å²) in [5.41, 5.74) is 1.08. The lowest BCUT2D eigenvalue weighted by molar-refractivity contribution is -0.116. The molecule has 30 heavy (non-hydrogen) atoms. The molecule has 2 heterocycles. The number of primary sulfonamides is 1. The zero-order chi connectivity index (χ0) is 21.3. The Bertz CT molecular complexity index is 1290. The fourth-order valence-electron chi connectivity index (χ4n) is 2.84. The minimum absolute atomic E-state index is 0.0694. The van der Waals surface area contributed by atoms with Crippen LogP contribution in [0.25, 0.3) is 11.3 Å². The van der Waals surface area contributed by atoms with Crippen molar-refractivity contribution in [3.63, 3.8) is 0 Å². The summed E-state index contributed by atoms with van der Waals surface area (Å²) in [4.78, 5) is 28.8. The summed E-state index contributed by atoms with van der Waals surface area (Å²) in [7, 11) is -3.81. The van der Waals surface area contributed by atoms with E-state index < -0.39 is 21.5 Å². The SMILES string of the molecule is NS(=O)(=O)c1ccc(NC(=O)Cn2cnc(-c3ccc4c(c3)OCO4)cc2=O)cc1. The predicted molar refractivity (Wildman–Crippen MR) is 107 cm³/mol. The summed E-state index contributed by atoms with van der Waals surface area (Å²) in [5.74, 6) is 0.727. The van der Waals surface area contributed by atoms with E-state index in [0.29, 0.717) is 28.4 Å². The van der Waals surface area contributed by atoms with Crippen LogP contribution in [0.2, 0.25) is 0 Å². The maximum Gasteiger partial charge on any atom is 0.254 e. The molecule has 0 spiro atoms. The number of amides is 1. The summed E-state index contributed by atoms with van der Waals surface area (Å²) >= 11 is 0. The first-order chi connectivity index (χ1) is 14.3. The molecule has 0 fully saturated rings. The van der Waals surface area contributed by atoms with Gasteiger partial charge in [-0.3, -0.25) is 14.2 Å². The molecule has 0 bridgehead atoms. The molecule has 0 saturated carbocycles. The minimum atomic E-state index is -3.81. The number of benzene rings is 2. The molecule has 1 aliphatic heterocycles. The van der Waals surface area contributed by atoms with Gasteiger partial charge in [-0.1, -0.05) is 0 Å². The van der Waals surface area contributed by atoms with Gasteiger partial charge in [-0.25, -0.2) is 18.5 Å². The average Bonchev–Trinajstić information content (AvgIpc) is 3.17. The number of rotatable bonds is 5. The van der Waals surface area contributed by atoms with Crippen molar-refractivity contribution in [3.05, 3.63) is 65.2 Å². The quantitative estimate of drug-likeness (QED) is 0.615. The van der Waals surface area contributed by atoms with Crippen molar-refractivity contribution in [1.82, 2.24) is 9.55 Å². The number of hydrogen-bond acceptors (Lipinski definition) is 7. The van der Waals surface area contributed by atoms with E-state index in [2.05, 4.69) is 10.3 Å². The lowest BCUT2D eigenvalue weighted by Gasteiger charge is -2.09. The van der Waals surface area contributed by atoms with E-state index in [1.54, 1.807) is 18.2 Å². The van der Waals surface area contributed by atoms with Crippen LogP contribution < -0.4 is 25.5 Å². The number of carbonyl (C=O) groups is 1. The summed E-state index contributed by atoms with van der Waals surface area (Å²) < 4.78 is 34.3. The molecular formula is C19H16N4O6S. The van der Waals surface area contributed by atoms with E-state index in [1.807, 2.05) is 0 Å². The molecule has 1 aliphatic rings. The van der Waals surface area contributed by atoms with Crippen molar-refractivity contribution < 1.29 is 22.7 Å². The van der Waals surface area contributed by atoms with Crippen molar-refractivity contribution in [2.75, 3.05) is 12.1 Å². The fraction of sp³-hybridized carbons (Fsp3) is 0.105. The van der Waals surface area contributed by atoms with Gasteiger partial charge in [-0.05, 0) is 42.5 Å². The molecule has 0 unspecified atom stereocenters. The Morgan fingerprint density at radius 2 is 1.83 bits per heavy atom. The topological polar surface area (TPSA) is 143 Å². The summed E-state index contributed by atoms with van der Waals surface area (Å²) in [6.45, 7) is -0.113. The third-order valence-electron chi connectivity index (χ3n) is 4.33. The molecule has 10 nitrogen and oxygen atoms in total. The van der Waals surface area contributed by atoms with Gasteiger partial charge in [0.15, 0.2) is 11.5 Å². The molecule has 11 heteroatoms. The lowest BCUT2D eigenvalue weighted by Crippen LogP contribution is -2.27. The highest BCUT2D eigenvalue weighted by atomic mass is 32.2. The standard InChI is InChI=1S/C19H16N4O6S/c20-30(26,27)14-4-2-13(3-5-14)22-18(24)9-23-10-21-15(8-19(23)25)12-1-6-16-17(7-12)29-11-28-16/h1-8,10H,9,11H2,(H,22,24)(H2,20,26,27). The predicted octanol–water partition coefficient (Wildman–Crippen LogP) is 0.925. The van der Waals surface area contributed by atoms with Gasteiger partial charge in [0.2, 0.25) is 22.7 Å². The highest BCUT2D eigenvalue weighted by molar-refractivity contribution is 7.89. The van der Waals surface area contributed by atoms with Gasteiger partial charge in [0, 0.05) is 17.3 Å². The lowest BCUT2D eigenvalue weighted by atomic mass is 10.1. The van der Waals surface area contributed by atoms with Crippen molar-refractivity contribution in [3.8, 4) is 22.8 Å². The second-order valence-corrected chi connectivity index (χ2v) is 7.99. The average molecular weight is 428 g/mol. The Kier molecular flexibility index (Phi) is 4.98. The van der Waals surface area contributed by atoms with Gasteiger partial charge in [0.25, 0.3) is 5.56 Å². The van der Waals surface area contributed by atoms with Gasteiger partial charge in [-0.15, -0.1) is 0 Å². The van der Waals surface area contributed by atoms with Crippen LogP contribution >= 0.6 is 0 Å². The molecule has 0 radical (unpaired) electrons. The number of aromatic nitrogens is 2. The molecule has 1 aromatic heterocycles. The van der Waals surface area contributed by atoms with Crippen molar-refractivity contribution in [2.45, 2.75) is 11.4 Å². The number of fused-ring (bicyclic) bond motifs is 1. The molecule has 3 aromatic rings. The van der Waals surface area contributed by atoms with Crippen molar-refractivity contribution in [2.24, 2.45) is 5.14 Å². The molecule has 154 valence electrons. The number of hydrogen-bond donors (Lipinski definition) is 2. The van der Waals surface area contributed by atoms with E-state index in [-0.39, 0.29) is 18.2 Å². The first kappa shape index (κ1) is 19.6. The number of ether oxygens (including phenoxy) is 2. The summed E-state index contributed by atoms with van der Waals surface area (Å²) in [5, 5.41) is 7.61. The molecule has 0 saturated heterocycles. The molecule has 0 aliphatic carbocycles. The number of carbonyl (C=O) groups excluding carboxylic acids is 1. The zero-order valence-corrected chi connectivity index (χ0v) is 16.3. The molecule has 2 aromatic carbocycles. The van der Waals surface area contributed by atoms with Crippen LogP contribution in [0.5, 0.6) is 11.5 Å². The highest BCUT2D eigenvalue weighted by Gasteiger charge is 2.15. The van der Waals surface area contributed by atoms with E-state index in [4.69, 9.17) is 14.6 Å². The van der Waals surface area contributed by atoms with E-state index in [9.17, 15) is 18.0 Å². The van der Waals surface area contributed by atoms with Crippen LogP contribution in [0.15, 0.2) is 64.5 Å². The third-order valence-corrected chi connectivity index (χ3v) is 5.26. The van der Waals surface area contributed by atoms with Gasteiger partial charge < -0.3 is 14.8 Å². The Balaban J connectivity index is 1.46. The molecular weight excluding hydrogens is 412 g/mol. The van der Waals surface area contributed by atoms with Crippen LogP contribution in [0.1, 0.15) is 0 Å². The number of anilines is 1. The van der Waals surface area contributed by atoms with Crippen LogP contribution in [0, 0.1) is 0 Å². The van der Waals surface area contributed by atoms with E-state index in [0.717, 1.165) is 4.57 Å².